The number of hydrogen-bond acceptors (Lipinski definition) is 18. The number of nitrogens with two attached hydrogens (primary N) is 1. The first-order valence-electron chi connectivity index (χ1n) is 24.5. The molecule has 76 heavy (non-hydrogen) atoms. The quantitative estimate of drug-likeness (QED) is 0.0645. The number of fused-ring (bicyclic) bond motifs is 3. The average molecular weight is 1140 g/mol. The predicted octanol–water partition coefficient (Wildman–Crippen LogP) is 2.65. The zero-order valence-electron chi connectivity index (χ0n) is 44.5. The van der Waals surface area contributed by atoms with Crippen LogP contribution in [-0.2, 0) is 28.3 Å². The molecule has 6 aromatic heterocycles. The monoisotopic (exact) mass is 1140 g/mol. The van der Waals surface area contributed by atoms with Crippen LogP contribution in [0, 0.1) is 25.4 Å². The second kappa shape index (κ2) is 23.3. The number of nitrogen functional groups attached to an aromatic ring is 1. The molecule has 0 saturated carbocycles. The van der Waals surface area contributed by atoms with E-state index in [2.05, 4.69) is 88.8 Å². The Bertz CT molecular complexity index is 3410. The fourth-order valence-electron chi connectivity index (χ4n) is 9.19. The van der Waals surface area contributed by atoms with Crippen LogP contribution in [0.1, 0.15) is 62.8 Å². The first-order chi connectivity index (χ1) is 34.8. The van der Waals surface area contributed by atoms with Gasteiger partial charge >= 0.3 is 0 Å². The second-order valence-corrected chi connectivity index (χ2v) is 35.3. The van der Waals surface area contributed by atoms with Crippen molar-refractivity contribution < 1.29 is 44.8 Å². The van der Waals surface area contributed by atoms with Crippen LogP contribution in [0.15, 0.2) is 28.2 Å². The highest BCUT2D eigenvalue weighted by atomic mass is 32.1. The van der Waals surface area contributed by atoms with Gasteiger partial charge in [0.05, 0.1) is 30.0 Å². The van der Waals surface area contributed by atoms with Crippen LogP contribution in [0.3, 0.4) is 0 Å². The van der Waals surface area contributed by atoms with Crippen LogP contribution >= 0.6 is 32.9 Å². The topological polar surface area (TPSA) is 314 Å². The molecule has 3 saturated heterocycles. The summed E-state index contributed by atoms with van der Waals surface area (Å²) in [5.41, 5.74) is 7.06. The van der Waals surface area contributed by atoms with Crippen molar-refractivity contribution in [3.05, 3.63) is 61.4 Å². The van der Waals surface area contributed by atoms with Crippen molar-refractivity contribution in [2.75, 3.05) is 64.2 Å². The molecule has 0 aromatic carbocycles. The molecule has 9 heterocycles. The van der Waals surface area contributed by atoms with E-state index in [0.717, 1.165) is 29.5 Å². The van der Waals surface area contributed by atoms with Crippen molar-refractivity contribution in [3.8, 4) is 0 Å². The van der Waals surface area contributed by atoms with Gasteiger partial charge in [-0.1, -0.05) is 19.6 Å². The minimum Gasteiger partial charge on any atom is -0.388 e. The highest BCUT2D eigenvalue weighted by Crippen LogP contribution is 2.43. The summed E-state index contributed by atoms with van der Waals surface area (Å²) in [5.74, 6) is 1.72. The van der Waals surface area contributed by atoms with E-state index >= 15 is 0 Å². The van der Waals surface area contributed by atoms with Gasteiger partial charge in [-0.2, -0.15) is 0 Å². The van der Waals surface area contributed by atoms with E-state index in [4.69, 9.17) is 32.2 Å². The third kappa shape index (κ3) is 13.0. The molecule has 0 amide bonds. The molecule has 3 aliphatic rings. The number of aromatic amines is 1. The molecule has 23 nitrogen and oxygen atoms in total. The van der Waals surface area contributed by atoms with E-state index in [-0.39, 0.29) is 41.2 Å². The number of aliphatic hydroxyl groups is 6. The molecular weight excluding hydrogens is 1060 g/mol. The minimum atomic E-state index is -1.28. The minimum absolute atomic E-state index is 0. The fraction of sp³-hybridized carbons (Fsp3) is 0.612. The van der Waals surface area contributed by atoms with Gasteiger partial charge in [0.2, 0.25) is 5.95 Å². The lowest BCUT2D eigenvalue weighted by atomic mass is 10.1. The Morgan fingerprint density at radius 2 is 1.07 bits per heavy atom. The number of ether oxygens (including phenoxy) is 3. The van der Waals surface area contributed by atoms with E-state index in [1.807, 2.05) is 13.0 Å². The SMILES string of the molecule is C.C=P(C)(C)CC[C@H]1O[C@@H](n2c(N)nc3c(=O)n(C)c(C)nc32)[C@H](O)[C@@H]1O.C=P(C)(C)CC[C@H]1O[C@@H](n2ccc3c(=S)nc(C)[nH]c32)[C@H](O)[C@@H]1O.C=P(C)(C)CC[C@H]1O[C@@H](n2cnc3c(=O)n(C)c(C)nc32)[C@H](O)[C@@H]1O. The average Bonchev–Trinajstić information content (AvgIpc) is 4.16. The zero-order chi connectivity index (χ0) is 55.5. The number of imidazole rings is 2. The molecule has 0 aliphatic carbocycles. The maximum atomic E-state index is 12.4. The summed E-state index contributed by atoms with van der Waals surface area (Å²) < 4.78 is 25.8. The Balaban J connectivity index is 0.000000184. The van der Waals surface area contributed by atoms with E-state index in [0.29, 0.717) is 47.0 Å². The van der Waals surface area contributed by atoms with Gasteiger partial charge in [-0.15, -0.1) is 39.6 Å². The number of hydrogen-bond donors (Lipinski definition) is 8. The van der Waals surface area contributed by atoms with Gasteiger partial charge in [0.15, 0.2) is 41.0 Å². The number of aryl methyl sites for hydroxylation is 3. The first-order valence-corrected chi connectivity index (χ1v) is 34.1. The van der Waals surface area contributed by atoms with E-state index in [1.54, 1.807) is 38.7 Å². The third-order valence-electron chi connectivity index (χ3n) is 13.8. The normalized spacial score (nSPS) is 26.9. The molecule has 0 bridgehead atoms. The van der Waals surface area contributed by atoms with Crippen molar-refractivity contribution in [2.24, 2.45) is 14.1 Å². The van der Waals surface area contributed by atoms with Crippen molar-refractivity contribution in [1.29, 1.82) is 0 Å². The second-order valence-electron chi connectivity index (χ2n) is 22.0. The van der Waals surface area contributed by atoms with Gasteiger partial charge in [-0.3, -0.25) is 27.9 Å². The molecular formula is C49H79N12O11P3S. The number of aromatic nitrogens is 11. The van der Waals surface area contributed by atoms with Gasteiger partial charge < -0.3 is 60.1 Å². The molecule has 12 atom stereocenters. The predicted molar refractivity (Wildman–Crippen MR) is 310 cm³/mol. The number of aliphatic hydroxyl groups excluding tert-OH is 6. The third-order valence-corrected chi connectivity index (χ3v) is 18.5. The Morgan fingerprint density at radius 1 is 0.645 bits per heavy atom. The molecule has 27 heteroatoms. The Hall–Kier alpha value is -4.12. The summed E-state index contributed by atoms with van der Waals surface area (Å²) in [4.78, 5) is 49.1. The van der Waals surface area contributed by atoms with E-state index in [9.17, 15) is 40.2 Å². The Morgan fingerprint density at radius 3 is 1.54 bits per heavy atom. The van der Waals surface area contributed by atoms with Crippen LogP contribution < -0.4 is 16.9 Å². The van der Waals surface area contributed by atoms with Crippen molar-refractivity contribution in [2.45, 2.75) is 121 Å². The Labute approximate surface area is 447 Å². The van der Waals surface area contributed by atoms with Gasteiger partial charge in [0.25, 0.3) is 11.1 Å². The van der Waals surface area contributed by atoms with Gasteiger partial charge in [-0.05, 0) is 105 Å². The van der Waals surface area contributed by atoms with Crippen LogP contribution in [0.4, 0.5) is 5.95 Å². The molecule has 3 aliphatic heterocycles. The van der Waals surface area contributed by atoms with Crippen molar-refractivity contribution >= 4 is 91.1 Å². The largest absolute Gasteiger partial charge is 0.388 e. The van der Waals surface area contributed by atoms with Crippen LogP contribution in [-0.4, -0.2) is 216 Å². The highest BCUT2D eigenvalue weighted by molar-refractivity contribution is 7.73. The summed E-state index contributed by atoms with van der Waals surface area (Å²) in [6.45, 7) is 14.3. The lowest BCUT2D eigenvalue weighted by Crippen LogP contribution is -2.32. The highest BCUT2D eigenvalue weighted by Gasteiger charge is 2.47. The van der Waals surface area contributed by atoms with Gasteiger partial charge in [0.1, 0.15) is 64.4 Å². The molecule has 3 fully saturated rings. The molecule has 9 rings (SSSR count). The lowest BCUT2D eigenvalue weighted by Gasteiger charge is -2.19. The summed E-state index contributed by atoms with van der Waals surface area (Å²) in [5, 5.41) is 63.3. The molecule has 0 spiro atoms. The molecule has 0 radical (unpaired) electrons. The number of rotatable bonds is 12. The summed E-state index contributed by atoms with van der Waals surface area (Å²) in [7, 11) is 3.23. The van der Waals surface area contributed by atoms with Gasteiger partial charge in [-0.25, -0.2) is 24.9 Å². The van der Waals surface area contributed by atoms with Crippen LogP contribution in [0.2, 0.25) is 0 Å². The number of anilines is 1. The van der Waals surface area contributed by atoms with E-state index < -0.39 is 94.3 Å². The number of nitrogens with one attached hydrogen (secondary N) is 1. The Kier molecular flexibility index (Phi) is 18.7. The summed E-state index contributed by atoms with van der Waals surface area (Å²) in [6.07, 6.45) is 10.1. The molecule has 6 aromatic rings. The number of nitrogens with zero attached hydrogens (tertiary/aromatic N) is 10. The molecule has 9 N–H and O–H groups in total. The van der Waals surface area contributed by atoms with Crippen LogP contribution in [0.5, 0.6) is 0 Å². The lowest BCUT2D eigenvalue weighted by molar-refractivity contribution is -0.0353. The molecule has 0 unspecified atom stereocenters. The summed E-state index contributed by atoms with van der Waals surface area (Å²) >= 11 is 5.29. The molecule has 422 valence electrons. The first kappa shape index (κ1) is 61.1. The smallest absolute Gasteiger partial charge is 0.281 e. The van der Waals surface area contributed by atoms with Crippen LogP contribution in [0.25, 0.3) is 33.4 Å². The number of H-pyrrole nitrogens is 1. The maximum Gasteiger partial charge on any atom is 0.281 e. The van der Waals surface area contributed by atoms with Crippen molar-refractivity contribution in [3.63, 3.8) is 0 Å². The zero-order valence-corrected chi connectivity index (χ0v) is 48.0. The standard InChI is InChI=1S/C16H26N5O4P.C16H25N4O4P.C16H24N3O3PS.CH4/c1-8-18-13-10(14(24)20(8)2)19-16(17)21(13)15-12(23)11(22)9(25-15)6-7-26(3,4)5;1-9-18-14-11(15(23)19(9)2)17-8-20(14)16-13(22)12(21)10(24-16)6-7-25(3,4)5;1-9-17-14-10(15(24)18-9)5-7-19(14)16-13(21)12(20)11(22-16)6-8-23(2,3)4;/h9,11-12,15,22-23H,3,6-7H2,1-2,4-5H3,(H2,17,19);8,10,12-13,16,21-22H,3,6-7H2,1-2,4-5H3;5,7,11-13,16,20-21H,2,6,8H2,1,3-4H3,(H,17,18,24);1H4/t9-,11-,12-,15-;10-,12-,13-,16-;11-,12-,13-,16-;/m111./s1. The van der Waals surface area contributed by atoms with Gasteiger partial charge in [0, 0.05) is 20.3 Å². The maximum absolute atomic E-state index is 12.4. The van der Waals surface area contributed by atoms with Crippen molar-refractivity contribution in [1.82, 2.24) is 52.7 Å². The summed E-state index contributed by atoms with van der Waals surface area (Å²) in [6, 6.07) is 1.85. The fourth-order valence-corrected chi connectivity index (χ4v) is 12.4. The van der Waals surface area contributed by atoms with E-state index in [1.165, 1.54) is 24.6 Å².